The normalized spacial score (nSPS) is 17.4. The smallest absolute Gasteiger partial charge is 0.332 e. The Balaban J connectivity index is 2.60. The van der Waals surface area contributed by atoms with Crippen LogP contribution in [0.1, 0.15) is 37.8 Å². The van der Waals surface area contributed by atoms with E-state index in [9.17, 15) is 9.59 Å². The average Bonchev–Trinajstić information content (AvgIpc) is 2.40. The maximum atomic E-state index is 12.2. The second-order valence-electron chi connectivity index (χ2n) is 4.55. The molecule has 2 heterocycles. The minimum atomic E-state index is -0.323. The highest BCUT2D eigenvalue weighted by atomic mass is 16.2. The van der Waals surface area contributed by atoms with Crippen LogP contribution >= 0.6 is 0 Å². The largest absolute Gasteiger partial charge is 0.332 e. The molecule has 0 bridgehead atoms. The van der Waals surface area contributed by atoms with Crippen LogP contribution in [0.5, 0.6) is 0 Å². The molecule has 0 amide bonds. The third-order valence-electron chi connectivity index (χ3n) is 3.32. The average molecular weight is 250 g/mol. The first-order valence-corrected chi connectivity index (χ1v) is 6.16. The van der Waals surface area contributed by atoms with E-state index < -0.39 is 0 Å². The van der Waals surface area contributed by atoms with Gasteiger partial charge in [-0.25, -0.2) is 4.79 Å². The molecule has 98 valence electrons. The molecule has 6 nitrogen and oxygen atoms in total. The number of rotatable bonds is 3. The Labute approximate surface area is 105 Å². The number of aromatic nitrogens is 2. The predicted molar refractivity (Wildman–Crippen MR) is 71.3 cm³/mol. The van der Waals surface area contributed by atoms with E-state index in [-0.39, 0.29) is 17.3 Å². The summed E-state index contributed by atoms with van der Waals surface area (Å²) < 4.78 is 2.60. The van der Waals surface area contributed by atoms with Crippen LogP contribution in [0.15, 0.2) is 14.6 Å². The number of fused-ring (bicyclic) bond motifs is 1. The standard InChI is InChI=1S/C12H18N4O2/c1-4-5-6-8-9-10(14-7-13-8)15(2)12(18)16(3)11(9)17/h7-8H,4-6H2,1-3H3,(H,13,14). The maximum absolute atomic E-state index is 12.2. The molecule has 18 heavy (non-hydrogen) atoms. The Morgan fingerprint density at radius 2 is 2.06 bits per heavy atom. The summed E-state index contributed by atoms with van der Waals surface area (Å²) >= 11 is 0. The zero-order chi connectivity index (χ0) is 13.3. The lowest BCUT2D eigenvalue weighted by Crippen LogP contribution is -2.41. The van der Waals surface area contributed by atoms with Gasteiger partial charge in [0.15, 0.2) is 0 Å². The lowest BCUT2D eigenvalue weighted by Gasteiger charge is -2.22. The van der Waals surface area contributed by atoms with Crippen LogP contribution in [0.3, 0.4) is 0 Å². The zero-order valence-corrected chi connectivity index (χ0v) is 10.9. The molecule has 1 aliphatic heterocycles. The third-order valence-corrected chi connectivity index (χ3v) is 3.32. The van der Waals surface area contributed by atoms with Crippen molar-refractivity contribution in [2.45, 2.75) is 32.2 Å². The fourth-order valence-corrected chi connectivity index (χ4v) is 2.22. The fraction of sp³-hybridized carbons (Fsp3) is 0.583. The number of anilines is 1. The highest BCUT2D eigenvalue weighted by Crippen LogP contribution is 2.28. The SMILES string of the molecule is CCCCC1N=CNc2c1c(=O)n(C)c(=O)n2C. The molecule has 0 aliphatic carbocycles. The van der Waals surface area contributed by atoms with Crippen molar-refractivity contribution in [2.24, 2.45) is 19.1 Å². The molecule has 0 saturated heterocycles. The van der Waals surface area contributed by atoms with E-state index in [0.717, 1.165) is 23.8 Å². The van der Waals surface area contributed by atoms with Gasteiger partial charge in [-0.3, -0.25) is 18.9 Å². The molecular formula is C12H18N4O2. The van der Waals surface area contributed by atoms with Crippen molar-refractivity contribution >= 4 is 12.2 Å². The molecule has 0 fully saturated rings. The highest BCUT2D eigenvalue weighted by Gasteiger charge is 2.24. The summed E-state index contributed by atoms with van der Waals surface area (Å²) in [5, 5.41) is 2.90. The Bertz CT molecular complexity index is 597. The molecule has 1 aliphatic rings. The number of aliphatic imine (C=N–C) groups is 1. The van der Waals surface area contributed by atoms with Gasteiger partial charge in [0.2, 0.25) is 0 Å². The Kier molecular flexibility index (Phi) is 3.36. The van der Waals surface area contributed by atoms with Crippen LogP contribution in [0.25, 0.3) is 0 Å². The number of hydrogen-bond donors (Lipinski definition) is 1. The van der Waals surface area contributed by atoms with Gasteiger partial charge < -0.3 is 5.32 Å². The van der Waals surface area contributed by atoms with Crippen molar-refractivity contribution in [3.8, 4) is 0 Å². The van der Waals surface area contributed by atoms with Crippen molar-refractivity contribution in [2.75, 3.05) is 5.32 Å². The molecule has 1 aromatic rings. The summed E-state index contributed by atoms with van der Waals surface area (Å²) in [6.07, 6.45) is 4.46. The lowest BCUT2D eigenvalue weighted by molar-refractivity contribution is 0.574. The van der Waals surface area contributed by atoms with Crippen molar-refractivity contribution in [1.82, 2.24) is 9.13 Å². The second-order valence-corrected chi connectivity index (χ2v) is 4.55. The second kappa shape index (κ2) is 4.80. The van der Waals surface area contributed by atoms with Crippen LogP contribution in [-0.4, -0.2) is 15.5 Å². The highest BCUT2D eigenvalue weighted by molar-refractivity contribution is 5.78. The van der Waals surface area contributed by atoms with E-state index in [4.69, 9.17) is 0 Å². The van der Waals surface area contributed by atoms with Crippen LogP contribution in [-0.2, 0) is 14.1 Å². The molecule has 0 radical (unpaired) electrons. The van der Waals surface area contributed by atoms with Crippen molar-refractivity contribution in [3.63, 3.8) is 0 Å². The van der Waals surface area contributed by atoms with Gasteiger partial charge in [0.25, 0.3) is 5.56 Å². The van der Waals surface area contributed by atoms with Crippen LogP contribution in [0.2, 0.25) is 0 Å². The van der Waals surface area contributed by atoms with Gasteiger partial charge in [-0.2, -0.15) is 0 Å². The molecule has 0 spiro atoms. The van der Waals surface area contributed by atoms with Crippen LogP contribution in [0, 0.1) is 0 Å². The Morgan fingerprint density at radius 1 is 1.33 bits per heavy atom. The third kappa shape index (κ3) is 1.87. The topological polar surface area (TPSA) is 68.4 Å². The van der Waals surface area contributed by atoms with Crippen LogP contribution in [0.4, 0.5) is 5.82 Å². The summed E-state index contributed by atoms with van der Waals surface area (Å²) in [6.45, 7) is 2.10. The molecule has 1 atom stereocenters. The van der Waals surface area contributed by atoms with Crippen molar-refractivity contribution < 1.29 is 0 Å². The zero-order valence-electron chi connectivity index (χ0n) is 10.9. The molecule has 0 aromatic carbocycles. The minimum absolute atomic E-state index is 0.147. The number of unbranched alkanes of at least 4 members (excludes halogenated alkanes) is 1. The van der Waals surface area contributed by atoms with Gasteiger partial charge in [-0.1, -0.05) is 19.8 Å². The Hall–Kier alpha value is -1.85. The van der Waals surface area contributed by atoms with Crippen molar-refractivity contribution in [3.05, 3.63) is 26.4 Å². The lowest BCUT2D eigenvalue weighted by atomic mass is 10.0. The quantitative estimate of drug-likeness (QED) is 0.861. The van der Waals surface area contributed by atoms with Crippen molar-refractivity contribution in [1.29, 1.82) is 0 Å². The summed E-state index contributed by atoms with van der Waals surface area (Å²) in [6, 6.07) is -0.147. The van der Waals surface area contributed by atoms with Gasteiger partial charge >= 0.3 is 5.69 Å². The monoisotopic (exact) mass is 250 g/mol. The van der Waals surface area contributed by atoms with Gasteiger partial charge in [-0.05, 0) is 6.42 Å². The molecule has 1 N–H and O–H groups in total. The summed E-state index contributed by atoms with van der Waals surface area (Å²) in [7, 11) is 3.16. The molecule has 6 heteroatoms. The van der Waals surface area contributed by atoms with E-state index in [1.54, 1.807) is 13.4 Å². The molecule has 0 saturated carbocycles. The van der Waals surface area contributed by atoms with Gasteiger partial charge in [0.1, 0.15) is 5.82 Å². The number of hydrogen-bond acceptors (Lipinski definition) is 4. The molecular weight excluding hydrogens is 232 g/mol. The van der Waals surface area contributed by atoms with E-state index in [1.807, 2.05) is 0 Å². The van der Waals surface area contributed by atoms with Crippen LogP contribution < -0.4 is 16.6 Å². The first kappa shape index (κ1) is 12.6. The Morgan fingerprint density at radius 3 is 2.72 bits per heavy atom. The molecule has 2 rings (SSSR count). The minimum Gasteiger partial charge on any atom is -0.332 e. The maximum Gasteiger partial charge on any atom is 0.332 e. The fourth-order valence-electron chi connectivity index (χ4n) is 2.22. The summed E-state index contributed by atoms with van der Waals surface area (Å²) in [5.74, 6) is 0.569. The first-order chi connectivity index (χ1) is 8.57. The summed E-state index contributed by atoms with van der Waals surface area (Å²) in [5.41, 5.74) is 0.0184. The predicted octanol–water partition coefficient (Wildman–Crippen LogP) is 0.769. The van der Waals surface area contributed by atoms with E-state index >= 15 is 0 Å². The first-order valence-electron chi connectivity index (χ1n) is 6.16. The molecule has 1 aromatic heterocycles. The number of nitrogens with one attached hydrogen (secondary N) is 1. The van der Waals surface area contributed by atoms with Gasteiger partial charge in [-0.15, -0.1) is 0 Å². The number of nitrogens with zero attached hydrogens (tertiary/aromatic N) is 3. The van der Waals surface area contributed by atoms with E-state index in [0.29, 0.717) is 11.4 Å². The van der Waals surface area contributed by atoms with E-state index in [2.05, 4.69) is 17.2 Å². The van der Waals surface area contributed by atoms with E-state index in [1.165, 1.54) is 11.6 Å². The molecule has 1 unspecified atom stereocenters. The van der Waals surface area contributed by atoms with Gasteiger partial charge in [0.05, 0.1) is 17.9 Å². The van der Waals surface area contributed by atoms with Gasteiger partial charge in [0, 0.05) is 14.1 Å². The summed E-state index contributed by atoms with van der Waals surface area (Å²) in [4.78, 5) is 28.3.